The van der Waals surface area contributed by atoms with E-state index in [1.54, 1.807) is 19.1 Å². The number of aromatic nitrogens is 1. The summed E-state index contributed by atoms with van der Waals surface area (Å²) in [6.45, 7) is 2.85. The molecule has 0 unspecified atom stereocenters. The van der Waals surface area contributed by atoms with E-state index in [-0.39, 0.29) is 38.3 Å². The van der Waals surface area contributed by atoms with Crippen LogP contribution >= 0.6 is 0 Å². The predicted octanol–water partition coefficient (Wildman–Crippen LogP) is 5.84. The molecule has 2 aromatic rings. The van der Waals surface area contributed by atoms with Gasteiger partial charge < -0.3 is 23.8 Å². The Kier molecular flexibility index (Phi) is 12.3. The Hall–Kier alpha value is -4.25. The number of rotatable bonds is 11. The van der Waals surface area contributed by atoms with Crippen molar-refractivity contribution in [2.75, 3.05) is 27.4 Å². The molecular formula is C41H52F3N3O10S. The lowest BCUT2D eigenvalue weighted by atomic mass is 9.84. The monoisotopic (exact) mass is 835 g/mol. The molecule has 318 valence electrons. The molecule has 2 saturated carbocycles. The van der Waals surface area contributed by atoms with Crippen LogP contribution in [0.15, 0.2) is 42.6 Å². The summed E-state index contributed by atoms with van der Waals surface area (Å²) in [5.74, 6) is -4.84. The van der Waals surface area contributed by atoms with Crippen molar-refractivity contribution in [1.29, 1.82) is 0 Å². The molecule has 17 heteroatoms. The standard InChI is InChI=1S/C41H52F3N3O10S/c1-38(2,41(42,43)44)57-34(49)19-30-25(24-54-4)12-8-6-7-9-13-26-20-40(26,37(51)46-58(52,53)39(3)16-17-39)21-32(48)31-18-27(23-47(31)36(30)50)56-35-29-15-11-10-14-28(29)33(55-5)22-45-35/h9-11,13-15,22,25-27,30-31H,6-8,12,16-21,23-24H2,1-5H3,(H,46,51)/b13-9-/t25-,26+,27+,30-,31-,40+/m0/s1. The lowest BCUT2D eigenvalue weighted by Crippen LogP contribution is -2.49. The number of pyridine rings is 1. The SMILES string of the molecule is COC[C@@H]1CCCC/C=C\[C@@H]2C[C@@]2(C(=O)NS(=O)(=O)C2(C)CC2)CC(=O)[C@@H]2C[C@@H](Oc3ncc(OC)c4ccccc34)CN2C(=O)[C@H]1CC(=O)OC(C)(C)C(F)(F)F. The first-order valence-electron chi connectivity index (χ1n) is 19.7. The van der Waals surface area contributed by atoms with Gasteiger partial charge in [-0.3, -0.25) is 23.9 Å². The summed E-state index contributed by atoms with van der Waals surface area (Å²) in [5, 5.41) is 1.30. The Morgan fingerprint density at radius 2 is 1.78 bits per heavy atom. The number of alkyl halides is 3. The highest BCUT2D eigenvalue weighted by Crippen LogP contribution is 2.58. The third kappa shape index (κ3) is 8.85. The van der Waals surface area contributed by atoms with Crippen molar-refractivity contribution in [2.24, 2.45) is 23.2 Å². The maximum absolute atomic E-state index is 14.9. The minimum atomic E-state index is -4.89. The molecule has 13 nitrogen and oxygen atoms in total. The van der Waals surface area contributed by atoms with Gasteiger partial charge in [0.15, 0.2) is 5.78 Å². The van der Waals surface area contributed by atoms with Gasteiger partial charge in [-0.2, -0.15) is 13.2 Å². The third-order valence-corrected chi connectivity index (χ3v) is 14.5. The molecule has 58 heavy (non-hydrogen) atoms. The van der Waals surface area contributed by atoms with Gasteiger partial charge in [-0.15, -0.1) is 0 Å². The van der Waals surface area contributed by atoms with Gasteiger partial charge >= 0.3 is 12.1 Å². The second kappa shape index (κ2) is 16.4. The average Bonchev–Trinajstić information content (AvgIpc) is 4.04. The Morgan fingerprint density at radius 3 is 2.43 bits per heavy atom. The zero-order valence-electron chi connectivity index (χ0n) is 33.4. The third-order valence-electron chi connectivity index (χ3n) is 12.3. The minimum absolute atomic E-state index is 0.00488. The maximum Gasteiger partial charge on any atom is 0.427 e. The van der Waals surface area contributed by atoms with Crippen LogP contribution in [0, 0.1) is 23.2 Å². The van der Waals surface area contributed by atoms with Crippen molar-refractivity contribution >= 4 is 44.4 Å². The molecule has 6 rings (SSSR count). The van der Waals surface area contributed by atoms with E-state index in [2.05, 4.69) is 9.71 Å². The van der Waals surface area contributed by atoms with Gasteiger partial charge in [-0.05, 0) is 77.2 Å². The van der Waals surface area contributed by atoms with E-state index in [0.29, 0.717) is 55.0 Å². The Bertz CT molecular complexity index is 2050. The first-order valence-corrected chi connectivity index (χ1v) is 21.2. The van der Waals surface area contributed by atoms with Gasteiger partial charge in [-0.25, -0.2) is 13.4 Å². The molecule has 4 aliphatic rings. The van der Waals surface area contributed by atoms with Crippen molar-refractivity contribution in [3.63, 3.8) is 0 Å². The van der Waals surface area contributed by atoms with Gasteiger partial charge in [0.05, 0.1) is 48.4 Å². The second-order valence-electron chi connectivity index (χ2n) is 16.9. The van der Waals surface area contributed by atoms with Gasteiger partial charge in [0.25, 0.3) is 0 Å². The number of sulfonamides is 1. The zero-order valence-corrected chi connectivity index (χ0v) is 34.2. The average molecular weight is 836 g/mol. The van der Waals surface area contributed by atoms with Gasteiger partial charge in [0.2, 0.25) is 33.3 Å². The lowest BCUT2D eigenvalue weighted by molar-refractivity contribution is -0.257. The van der Waals surface area contributed by atoms with E-state index >= 15 is 0 Å². The minimum Gasteiger partial charge on any atom is -0.494 e. The molecular weight excluding hydrogens is 784 g/mol. The number of esters is 1. The quantitative estimate of drug-likeness (QED) is 0.214. The van der Waals surface area contributed by atoms with E-state index < -0.39 is 91.8 Å². The number of benzene rings is 1. The highest BCUT2D eigenvalue weighted by atomic mass is 32.2. The summed E-state index contributed by atoms with van der Waals surface area (Å²) in [7, 11) is -1.11. The van der Waals surface area contributed by atoms with Crippen LogP contribution in [-0.4, -0.2) is 97.9 Å². The molecule has 0 bridgehead atoms. The maximum atomic E-state index is 14.9. The van der Waals surface area contributed by atoms with Crippen LogP contribution < -0.4 is 14.2 Å². The number of ketones is 1. The zero-order chi connectivity index (χ0) is 42.3. The van der Waals surface area contributed by atoms with Crippen LogP contribution in [0.3, 0.4) is 0 Å². The van der Waals surface area contributed by atoms with E-state index in [4.69, 9.17) is 18.9 Å². The van der Waals surface area contributed by atoms with E-state index in [0.717, 1.165) is 13.8 Å². The molecule has 6 atom stereocenters. The van der Waals surface area contributed by atoms with E-state index in [9.17, 15) is 40.8 Å². The van der Waals surface area contributed by atoms with Crippen molar-refractivity contribution < 1.29 is 59.7 Å². The number of hydrogen-bond acceptors (Lipinski definition) is 11. The van der Waals surface area contributed by atoms with Gasteiger partial charge in [0, 0.05) is 37.3 Å². The van der Waals surface area contributed by atoms with Crippen molar-refractivity contribution in [2.45, 2.75) is 114 Å². The van der Waals surface area contributed by atoms with Crippen LogP contribution in [0.25, 0.3) is 10.8 Å². The van der Waals surface area contributed by atoms with E-state index in [1.165, 1.54) is 25.3 Å². The fourth-order valence-electron chi connectivity index (χ4n) is 8.11. The summed E-state index contributed by atoms with van der Waals surface area (Å²) < 4.78 is 91.3. The molecule has 3 heterocycles. The summed E-state index contributed by atoms with van der Waals surface area (Å²) >= 11 is 0. The summed E-state index contributed by atoms with van der Waals surface area (Å²) in [6.07, 6.45) is 1.50. The van der Waals surface area contributed by atoms with Crippen molar-refractivity contribution in [3.05, 3.63) is 42.6 Å². The van der Waals surface area contributed by atoms with Crippen molar-refractivity contribution in [1.82, 2.24) is 14.6 Å². The number of halogens is 3. The fraction of sp³-hybridized carbons (Fsp3) is 0.634. The molecule has 2 aliphatic carbocycles. The largest absolute Gasteiger partial charge is 0.494 e. The number of carbonyl (C=O) groups excluding carboxylic acids is 4. The number of hydrogen-bond donors (Lipinski definition) is 1. The Labute approximate surface area is 336 Å². The number of fused-ring (bicyclic) bond motifs is 3. The molecule has 3 fully saturated rings. The number of methoxy groups -OCH3 is 2. The Balaban J connectivity index is 1.37. The van der Waals surface area contributed by atoms with Gasteiger partial charge in [0.1, 0.15) is 11.9 Å². The number of amides is 2. The molecule has 1 aromatic heterocycles. The fourth-order valence-corrected chi connectivity index (χ4v) is 9.45. The van der Waals surface area contributed by atoms with Crippen LogP contribution in [0.4, 0.5) is 13.2 Å². The number of carbonyl (C=O) groups is 4. The lowest BCUT2D eigenvalue weighted by Gasteiger charge is -2.33. The number of nitrogens with zero attached hydrogens (tertiary/aromatic N) is 2. The first-order chi connectivity index (χ1) is 27.3. The smallest absolute Gasteiger partial charge is 0.427 e. The van der Waals surface area contributed by atoms with Crippen LogP contribution in [-0.2, 0) is 38.7 Å². The first kappa shape index (κ1) is 43.3. The molecule has 0 radical (unpaired) electrons. The number of Topliss-reactive ketones (excluding diaryl/α,β-unsaturated/α-hetero) is 1. The highest BCUT2D eigenvalue weighted by molar-refractivity contribution is 7.91. The van der Waals surface area contributed by atoms with Crippen LogP contribution in [0.2, 0.25) is 0 Å². The molecule has 0 spiro atoms. The molecule has 1 N–H and O–H groups in total. The topological polar surface area (TPSA) is 167 Å². The van der Waals surface area contributed by atoms with Crippen LogP contribution in [0.5, 0.6) is 11.6 Å². The molecule has 1 saturated heterocycles. The molecule has 1 aromatic carbocycles. The summed E-state index contributed by atoms with van der Waals surface area (Å²) in [5.41, 5.74) is -4.23. The highest BCUT2D eigenvalue weighted by Gasteiger charge is 2.63. The Morgan fingerprint density at radius 1 is 1.07 bits per heavy atom. The molecule has 2 aliphatic heterocycles. The second-order valence-corrected chi connectivity index (χ2v) is 19.1. The number of ether oxygens (including phenoxy) is 4. The van der Waals surface area contributed by atoms with Gasteiger partial charge in [-0.1, -0.05) is 36.8 Å². The summed E-state index contributed by atoms with van der Waals surface area (Å²) in [6, 6.07) is 6.01. The normalized spacial score (nSPS) is 28.3. The number of allylic oxidation sites excluding steroid dienone is 2. The van der Waals surface area contributed by atoms with Crippen molar-refractivity contribution in [3.8, 4) is 11.6 Å². The summed E-state index contributed by atoms with van der Waals surface area (Å²) in [4.78, 5) is 62.6. The predicted molar refractivity (Wildman–Crippen MR) is 205 cm³/mol. The number of nitrogens with one attached hydrogen (secondary N) is 1. The van der Waals surface area contributed by atoms with E-state index in [1.807, 2.05) is 24.3 Å². The molecule has 2 amide bonds. The van der Waals surface area contributed by atoms with Crippen LogP contribution in [0.1, 0.15) is 85.0 Å².